The molecular weight excluding hydrogens is 397 g/mol. The number of nitrogens with one attached hydrogen (secondary N) is 1. The Labute approximate surface area is 159 Å². The van der Waals surface area contributed by atoms with Crippen molar-refractivity contribution < 1.29 is 31.2 Å². The van der Waals surface area contributed by atoms with E-state index < -0.39 is 39.5 Å². The van der Waals surface area contributed by atoms with Crippen LogP contribution in [-0.2, 0) is 21.0 Å². The first-order valence-corrected chi connectivity index (χ1v) is 9.75. The van der Waals surface area contributed by atoms with E-state index >= 15 is 0 Å². The molecular formula is C18H15F3N2O4S. The van der Waals surface area contributed by atoms with E-state index in [9.17, 15) is 31.2 Å². The number of amides is 2. The number of hydrogen-bond acceptors (Lipinski definition) is 4. The van der Waals surface area contributed by atoms with Crippen molar-refractivity contribution in [2.45, 2.75) is 13.1 Å². The van der Waals surface area contributed by atoms with Crippen LogP contribution in [0.4, 0.5) is 24.5 Å². The molecule has 1 saturated heterocycles. The van der Waals surface area contributed by atoms with Crippen LogP contribution in [0.25, 0.3) is 0 Å². The van der Waals surface area contributed by atoms with Crippen LogP contribution in [-0.4, -0.2) is 26.0 Å². The molecule has 6 nitrogen and oxygen atoms in total. The summed E-state index contributed by atoms with van der Waals surface area (Å²) in [6.45, 7) is 1.50. The van der Waals surface area contributed by atoms with Crippen LogP contribution in [0.1, 0.15) is 22.8 Å². The number of hydrogen-bond donors (Lipinski definition) is 1. The molecule has 148 valence electrons. The number of anilines is 2. The standard InChI is InChI=1S/C18H15F3N2O4S/c1-11-10-28(26,27)23(17(11)25)15-4-2-3-12(9-15)16(24)22-14-7-5-13(6-8-14)18(19,20)21/h2-9,11H,10H2,1H3,(H,22,24). The molecule has 3 rings (SSSR count). The average Bonchev–Trinajstić information content (AvgIpc) is 2.81. The van der Waals surface area contributed by atoms with Gasteiger partial charge in [0.15, 0.2) is 0 Å². The summed E-state index contributed by atoms with van der Waals surface area (Å²) in [7, 11) is -3.81. The first kappa shape index (κ1) is 19.9. The highest BCUT2D eigenvalue weighted by atomic mass is 32.2. The fourth-order valence-corrected chi connectivity index (χ4v) is 4.62. The van der Waals surface area contributed by atoms with Gasteiger partial charge in [0.1, 0.15) is 0 Å². The molecule has 1 fully saturated rings. The fourth-order valence-electron chi connectivity index (χ4n) is 2.81. The Morgan fingerprint density at radius 1 is 1.14 bits per heavy atom. The number of alkyl halides is 3. The lowest BCUT2D eigenvalue weighted by molar-refractivity contribution is -0.137. The molecule has 1 unspecified atom stereocenters. The van der Waals surface area contributed by atoms with Gasteiger partial charge >= 0.3 is 6.18 Å². The van der Waals surface area contributed by atoms with E-state index in [1.54, 1.807) is 0 Å². The Balaban J connectivity index is 1.82. The summed E-state index contributed by atoms with van der Waals surface area (Å²) >= 11 is 0. The zero-order valence-corrected chi connectivity index (χ0v) is 15.3. The van der Waals surface area contributed by atoms with Gasteiger partial charge in [0.2, 0.25) is 15.9 Å². The number of nitrogens with zero attached hydrogens (tertiary/aromatic N) is 1. The van der Waals surface area contributed by atoms with Gasteiger partial charge in [-0.05, 0) is 42.5 Å². The quantitative estimate of drug-likeness (QED) is 0.839. The molecule has 0 aromatic heterocycles. The zero-order valence-electron chi connectivity index (χ0n) is 14.5. The number of sulfonamides is 1. The summed E-state index contributed by atoms with van der Waals surface area (Å²) in [5.74, 6) is -2.23. The van der Waals surface area contributed by atoms with Crippen LogP contribution in [0.2, 0.25) is 0 Å². The van der Waals surface area contributed by atoms with Crippen molar-refractivity contribution in [3.63, 3.8) is 0 Å². The Morgan fingerprint density at radius 2 is 1.79 bits per heavy atom. The number of carbonyl (C=O) groups excluding carboxylic acids is 2. The second-order valence-electron chi connectivity index (χ2n) is 6.36. The van der Waals surface area contributed by atoms with Crippen molar-refractivity contribution in [3.8, 4) is 0 Å². The summed E-state index contributed by atoms with van der Waals surface area (Å²) in [5.41, 5.74) is -0.615. The minimum atomic E-state index is -4.48. The molecule has 0 spiro atoms. The van der Waals surface area contributed by atoms with Gasteiger partial charge in [-0.2, -0.15) is 13.2 Å². The smallest absolute Gasteiger partial charge is 0.322 e. The summed E-state index contributed by atoms with van der Waals surface area (Å²) in [6.07, 6.45) is -4.48. The molecule has 0 saturated carbocycles. The van der Waals surface area contributed by atoms with Crippen molar-refractivity contribution in [2.24, 2.45) is 5.92 Å². The lowest BCUT2D eigenvalue weighted by Crippen LogP contribution is -2.30. The number of halogens is 3. The maximum Gasteiger partial charge on any atom is 0.416 e. The van der Waals surface area contributed by atoms with E-state index in [-0.39, 0.29) is 22.7 Å². The number of carbonyl (C=O) groups is 2. The molecule has 1 heterocycles. The molecule has 0 aliphatic carbocycles. The van der Waals surface area contributed by atoms with Crippen LogP contribution in [0.5, 0.6) is 0 Å². The van der Waals surface area contributed by atoms with Gasteiger partial charge in [0.05, 0.1) is 22.9 Å². The van der Waals surface area contributed by atoms with E-state index in [0.717, 1.165) is 24.3 Å². The van der Waals surface area contributed by atoms with Gasteiger partial charge in [0, 0.05) is 11.3 Å². The highest BCUT2D eigenvalue weighted by Gasteiger charge is 2.42. The SMILES string of the molecule is CC1CS(=O)(=O)N(c2cccc(C(=O)Nc3ccc(C(F)(F)F)cc3)c2)C1=O. The summed E-state index contributed by atoms with van der Waals surface area (Å²) < 4.78 is 62.8. The van der Waals surface area contributed by atoms with Crippen LogP contribution < -0.4 is 9.62 Å². The lowest BCUT2D eigenvalue weighted by atomic mass is 10.1. The first-order valence-electron chi connectivity index (χ1n) is 8.14. The normalized spacial score (nSPS) is 18.9. The number of benzene rings is 2. The molecule has 1 aliphatic rings. The summed E-state index contributed by atoms with van der Waals surface area (Å²) in [4.78, 5) is 24.5. The predicted octanol–water partition coefficient (Wildman–Crippen LogP) is 3.27. The van der Waals surface area contributed by atoms with Gasteiger partial charge in [-0.3, -0.25) is 9.59 Å². The van der Waals surface area contributed by atoms with Crippen molar-refractivity contribution in [1.82, 2.24) is 0 Å². The van der Waals surface area contributed by atoms with Gasteiger partial charge in [-0.1, -0.05) is 13.0 Å². The van der Waals surface area contributed by atoms with E-state index in [4.69, 9.17) is 0 Å². The van der Waals surface area contributed by atoms with E-state index in [0.29, 0.717) is 4.31 Å². The van der Waals surface area contributed by atoms with Crippen molar-refractivity contribution in [1.29, 1.82) is 0 Å². The third-order valence-corrected chi connectivity index (χ3v) is 6.04. The van der Waals surface area contributed by atoms with E-state index in [2.05, 4.69) is 5.32 Å². The van der Waals surface area contributed by atoms with Crippen LogP contribution in [0.15, 0.2) is 48.5 Å². The minimum absolute atomic E-state index is 0.0365. The maximum absolute atomic E-state index is 12.6. The number of rotatable bonds is 3. The average molecular weight is 412 g/mol. The zero-order chi connectivity index (χ0) is 20.7. The topological polar surface area (TPSA) is 83.6 Å². The third-order valence-electron chi connectivity index (χ3n) is 4.17. The van der Waals surface area contributed by atoms with Crippen LogP contribution in [0.3, 0.4) is 0 Å². The molecule has 1 atom stereocenters. The summed E-state index contributed by atoms with van der Waals surface area (Å²) in [6, 6.07) is 9.35. The molecule has 1 aliphatic heterocycles. The molecule has 28 heavy (non-hydrogen) atoms. The molecule has 2 aromatic carbocycles. The van der Waals surface area contributed by atoms with Crippen molar-refractivity contribution in [2.75, 3.05) is 15.4 Å². The highest BCUT2D eigenvalue weighted by molar-refractivity contribution is 7.94. The Kier molecular flexibility index (Phi) is 4.92. The first-order chi connectivity index (χ1) is 13.0. The third kappa shape index (κ3) is 3.86. The minimum Gasteiger partial charge on any atom is -0.322 e. The van der Waals surface area contributed by atoms with Crippen molar-refractivity contribution in [3.05, 3.63) is 59.7 Å². The van der Waals surface area contributed by atoms with E-state index in [1.165, 1.54) is 31.2 Å². The predicted molar refractivity (Wildman–Crippen MR) is 96.3 cm³/mol. The van der Waals surface area contributed by atoms with Gasteiger partial charge in [-0.15, -0.1) is 0 Å². The van der Waals surface area contributed by atoms with Crippen molar-refractivity contribution >= 4 is 33.2 Å². The molecule has 0 bridgehead atoms. The fraction of sp³-hybridized carbons (Fsp3) is 0.222. The molecule has 1 N–H and O–H groups in total. The lowest BCUT2D eigenvalue weighted by Gasteiger charge is -2.16. The summed E-state index contributed by atoms with van der Waals surface area (Å²) in [5, 5.41) is 2.44. The molecule has 0 radical (unpaired) electrons. The highest BCUT2D eigenvalue weighted by Crippen LogP contribution is 2.31. The van der Waals surface area contributed by atoms with Gasteiger partial charge in [0.25, 0.3) is 5.91 Å². The van der Waals surface area contributed by atoms with Gasteiger partial charge < -0.3 is 5.32 Å². The second-order valence-corrected chi connectivity index (χ2v) is 8.22. The monoisotopic (exact) mass is 412 g/mol. The maximum atomic E-state index is 12.6. The largest absolute Gasteiger partial charge is 0.416 e. The van der Waals surface area contributed by atoms with Crippen LogP contribution >= 0.6 is 0 Å². The Hall–Kier alpha value is -2.88. The molecule has 10 heteroatoms. The van der Waals surface area contributed by atoms with Gasteiger partial charge in [-0.25, -0.2) is 12.7 Å². The van der Waals surface area contributed by atoms with E-state index in [1.807, 2.05) is 0 Å². The molecule has 2 aromatic rings. The second kappa shape index (κ2) is 6.93. The molecule has 2 amide bonds. The van der Waals surface area contributed by atoms with Crippen LogP contribution in [0, 0.1) is 5.92 Å². The Morgan fingerprint density at radius 3 is 2.32 bits per heavy atom. The Bertz CT molecular complexity index is 1030.